The zero-order chi connectivity index (χ0) is 21.6. The van der Waals surface area contributed by atoms with E-state index in [1.54, 1.807) is 12.1 Å². The number of phenolic OH excluding ortho intramolecular Hbond substituents is 3. The standard InChI is InChI=1S/C21H22O8/c1-5-8-29-21(25)14-11-15(22)19(24)18(23)13(14)7-6-12-9-16(26-2)20(28-4)17(10-12)27-3/h9-11,22-24H,5,8H2,1-4H3. The summed E-state index contributed by atoms with van der Waals surface area (Å²) in [5, 5.41) is 29.8. The summed E-state index contributed by atoms with van der Waals surface area (Å²) < 4.78 is 20.8. The third kappa shape index (κ3) is 4.58. The second kappa shape index (κ2) is 9.46. The Morgan fingerprint density at radius 1 is 0.931 bits per heavy atom. The van der Waals surface area contributed by atoms with Gasteiger partial charge in [-0.2, -0.15) is 0 Å². The summed E-state index contributed by atoms with van der Waals surface area (Å²) in [7, 11) is 4.39. The molecule has 0 aliphatic carbocycles. The summed E-state index contributed by atoms with van der Waals surface area (Å²) in [6.07, 6.45) is 0.592. The largest absolute Gasteiger partial charge is 0.504 e. The highest BCUT2D eigenvalue weighted by atomic mass is 16.5. The van der Waals surface area contributed by atoms with Gasteiger partial charge in [0.2, 0.25) is 11.5 Å². The summed E-state index contributed by atoms with van der Waals surface area (Å²) in [5.74, 6) is 3.58. The second-order valence-electron chi connectivity index (χ2n) is 5.82. The number of carbonyl (C=O) groups is 1. The van der Waals surface area contributed by atoms with Gasteiger partial charge in [-0.05, 0) is 24.6 Å². The van der Waals surface area contributed by atoms with Gasteiger partial charge in [-0.1, -0.05) is 18.8 Å². The van der Waals surface area contributed by atoms with Crippen molar-refractivity contribution in [1.82, 2.24) is 0 Å². The van der Waals surface area contributed by atoms with Gasteiger partial charge in [0.25, 0.3) is 0 Å². The first-order chi connectivity index (χ1) is 13.9. The van der Waals surface area contributed by atoms with Crippen molar-refractivity contribution >= 4 is 5.97 Å². The molecular formula is C21H22O8. The molecule has 0 saturated carbocycles. The summed E-state index contributed by atoms with van der Waals surface area (Å²) >= 11 is 0. The van der Waals surface area contributed by atoms with E-state index in [1.807, 2.05) is 6.92 Å². The highest BCUT2D eigenvalue weighted by Crippen LogP contribution is 2.40. The molecule has 8 nitrogen and oxygen atoms in total. The summed E-state index contributed by atoms with van der Waals surface area (Å²) in [6.45, 7) is 1.98. The minimum atomic E-state index is -0.786. The van der Waals surface area contributed by atoms with Gasteiger partial charge in [0.1, 0.15) is 0 Å². The van der Waals surface area contributed by atoms with Crippen LogP contribution in [0, 0.1) is 11.8 Å². The molecule has 0 bridgehead atoms. The van der Waals surface area contributed by atoms with Crippen LogP contribution in [0.25, 0.3) is 0 Å². The third-order valence-corrected chi connectivity index (χ3v) is 3.91. The molecule has 8 heteroatoms. The van der Waals surface area contributed by atoms with Crippen LogP contribution in [-0.4, -0.2) is 49.2 Å². The molecule has 2 aromatic carbocycles. The van der Waals surface area contributed by atoms with Crippen molar-refractivity contribution in [1.29, 1.82) is 0 Å². The highest BCUT2D eigenvalue weighted by molar-refractivity contribution is 5.95. The van der Waals surface area contributed by atoms with Crippen molar-refractivity contribution in [3.8, 4) is 46.3 Å². The minimum Gasteiger partial charge on any atom is -0.504 e. The summed E-state index contributed by atoms with van der Waals surface area (Å²) in [4.78, 5) is 12.3. The number of hydrogen-bond acceptors (Lipinski definition) is 8. The number of hydrogen-bond donors (Lipinski definition) is 3. The fourth-order valence-corrected chi connectivity index (χ4v) is 2.49. The van der Waals surface area contributed by atoms with Gasteiger partial charge in [0, 0.05) is 5.56 Å². The summed E-state index contributed by atoms with van der Waals surface area (Å²) in [5.41, 5.74) is 0.0701. The van der Waals surface area contributed by atoms with Crippen LogP contribution in [0.2, 0.25) is 0 Å². The molecule has 0 spiro atoms. The Morgan fingerprint density at radius 3 is 2.07 bits per heavy atom. The topological polar surface area (TPSA) is 115 Å². The highest BCUT2D eigenvalue weighted by Gasteiger charge is 2.21. The second-order valence-corrected chi connectivity index (χ2v) is 5.82. The fraction of sp³-hybridized carbons (Fsp3) is 0.286. The van der Waals surface area contributed by atoms with E-state index in [2.05, 4.69) is 11.8 Å². The van der Waals surface area contributed by atoms with E-state index in [-0.39, 0.29) is 17.7 Å². The lowest BCUT2D eigenvalue weighted by Gasteiger charge is -2.12. The molecule has 0 amide bonds. The molecule has 0 aliphatic heterocycles. The Bertz CT molecular complexity index is 944. The van der Waals surface area contributed by atoms with Gasteiger partial charge in [-0.15, -0.1) is 0 Å². The summed E-state index contributed by atoms with van der Waals surface area (Å²) in [6, 6.07) is 4.16. The first-order valence-electron chi connectivity index (χ1n) is 8.64. The molecule has 0 atom stereocenters. The predicted molar refractivity (Wildman–Crippen MR) is 104 cm³/mol. The molecule has 154 valence electrons. The third-order valence-electron chi connectivity index (χ3n) is 3.91. The van der Waals surface area contributed by atoms with Crippen LogP contribution >= 0.6 is 0 Å². The molecule has 2 aromatic rings. The van der Waals surface area contributed by atoms with Crippen LogP contribution in [0.5, 0.6) is 34.5 Å². The van der Waals surface area contributed by atoms with Gasteiger partial charge in [-0.25, -0.2) is 4.79 Å². The lowest BCUT2D eigenvalue weighted by molar-refractivity contribution is 0.0503. The SMILES string of the molecule is CCCOC(=O)c1cc(O)c(O)c(O)c1C#Cc1cc(OC)c(OC)c(OC)c1. The number of aromatic hydroxyl groups is 3. The van der Waals surface area contributed by atoms with Crippen LogP contribution in [0.15, 0.2) is 18.2 Å². The Labute approximate surface area is 168 Å². The minimum absolute atomic E-state index is 0.154. The Balaban J connectivity index is 2.60. The molecule has 0 heterocycles. The molecular weight excluding hydrogens is 380 g/mol. The maximum absolute atomic E-state index is 12.3. The van der Waals surface area contributed by atoms with Gasteiger partial charge in [0.05, 0.1) is 39.1 Å². The molecule has 0 aliphatic rings. The fourth-order valence-electron chi connectivity index (χ4n) is 2.49. The van der Waals surface area contributed by atoms with Gasteiger partial charge in [0.15, 0.2) is 23.0 Å². The van der Waals surface area contributed by atoms with E-state index >= 15 is 0 Å². The zero-order valence-electron chi connectivity index (χ0n) is 16.5. The number of phenols is 3. The number of ether oxygens (including phenoxy) is 4. The molecule has 0 fully saturated rings. The molecule has 0 saturated heterocycles. The van der Waals surface area contributed by atoms with Crippen molar-refractivity contribution in [3.63, 3.8) is 0 Å². The van der Waals surface area contributed by atoms with Crippen molar-refractivity contribution in [2.75, 3.05) is 27.9 Å². The molecule has 3 N–H and O–H groups in total. The van der Waals surface area contributed by atoms with Crippen molar-refractivity contribution in [2.24, 2.45) is 0 Å². The van der Waals surface area contributed by atoms with Crippen LogP contribution in [0.1, 0.15) is 34.8 Å². The van der Waals surface area contributed by atoms with Gasteiger partial charge in [-0.3, -0.25) is 0 Å². The van der Waals surface area contributed by atoms with E-state index in [0.29, 0.717) is 29.2 Å². The first-order valence-corrected chi connectivity index (χ1v) is 8.64. The Morgan fingerprint density at radius 2 is 1.55 bits per heavy atom. The zero-order valence-corrected chi connectivity index (χ0v) is 16.5. The smallest absolute Gasteiger partial charge is 0.339 e. The Kier molecular flexibility index (Phi) is 7.04. The average Bonchev–Trinajstić information content (AvgIpc) is 2.73. The van der Waals surface area contributed by atoms with E-state index in [0.717, 1.165) is 6.07 Å². The van der Waals surface area contributed by atoms with E-state index in [1.165, 1.54) is 21.3 Å². The van der Waals surface area contributed by atoms with Gasteiger partial charge < -0.3 is 34.3 Å². The number of carbonyl (C=O) groups excluding carboxylic acids is 1. The normalized spacial score (nSPS) is 9.93. The van der Waals surface area contributed by atoms with Crippen LogP contribution < -0.4 is 14.2 Å². The molecule has 0 unspecified atom stereocenters. The maximum atomic E-state index is 12.3. The van der Waals surface area contributed by atoms with Crippen LogP contribution in [-0.2, 0) is 4.74 Å². The monoisotopic (exact) mass is 402 g/mol. The van der Waals surface area contributed by atoms with Crippen molar-refractivity contribution in [2.45, 2.75) is 13.3 Å². The molecule has 0 radical (unpaired) electrons. The van der Waals surface area contributed by atoms with Crippen molar-refractivity contribution < 1.29 is 39.1 Å². The van der Waals surface area contributed by atoms with Crippen LogP contribution in [0.3, 0.4) is 0 Å². The number of rotatable bonds is 6. The predicted octanol–water partition coefficient (Wildman–Crippen LogP) is 2.80. The molecule has 0 aromatic heterocycles. The lowest BCUT2D eigenvalue weighted by atomic mass is 10.0. The number of methoxy groups -OCH3 is 3. The van der Waals surface area contributed by atoms with Crippen LogP contribution in [0.4, 0.5) is 0 Å². The molecule has 29 heavy (non-hydrogen) atoms. The van der Waals surface area contributed by atoms with Crippen molar-refractivity contribution in [3.05, 3.63) is 34.9 Å². The molecule has 2 rings (SSSR count). The number of esters is 1. The van der Waals surface area contributed by atoms with Gasteiger partial charge >= 0.3 is 5.97 Å². The number of benzene rings is 2. The van der Waals surface area contributed by atoms with E-state index in [9.17, 15) is 20.1 Å². The Hall–Kier alpha value is -3.73. The van der Waals surface area contributed by atoms with E-state index < -0.39 is 23.2 Å². The average molecular weight is 402 g/mol. The maximum Gasteiger partial charge on any atom is 0.339 e. The lowest BCUT2D eigenvalue weighted by Crippen LogP contribution is -2.08. The first kappa shape index (κ1) is 21.6. The van der Waals surface area contributed by atoms with E-state index in [4.69, 9.17) is 18.9 Å². The quantitative estimate of drug-likeness (QED) is 0.384.